The number of para-hydroxylation sites is 2. The first-order valence-electron chi connectivity index (χ1n) is 7.24. The van der Waals surface area contributed by atoms with Gasteiger partial charge in [0.1, 0.15) is 6.61 Å². The minimum atomic E-state index is -0.0846. The van der Waals surface area contributed by atoms with Crippen molar-refractivity contribution in [2.45, 2.75) is 26.5 Å². The van der Waals surface area contributed by atoms with Crippen LogP contribution < -0.4 is 9.47 Å². The summed E-state index contributed by atoms with van der Waals surface area (Å²) < 4.78 is 13.8. The molecule has 0 unspecified atom stereocenters. The second-order valence-corrected chi connectivity index (χ2v) is 5.72. The van der Waals surface area contributed by atoms with Crippen LogP contribution in [0.3, 0.4) is 0 Å². The van der Waals surface area contributed by atoms with Crippen LogP contribution in [0.5, 0.6) is 11.5 Å². The third-order valence-corrected chi connectivity index (χ3v) is 4.19. The lowest BCUT2D eigenvalue weighted by Gasteiger charge is -2.27. The van der Waals surface area contributed by atoms with Crippen molar-refractivity contribution in [1.82, 2.24) is 4.57 Å². The first-order valence-corrected chi connectivity index (χ1v) is 7.78. The molecule has 2 heterocycles. The van der Waals surface area contributed by atoms with E-state index in [9.17, 15) is 4.79 Å². The van der Waals surface area contributed by atoms with E-state index < -0.39 is 0 Å². The Morgan fingerprint density at radius 3 is 2.77 bits per heavy atom. The lowest BCUT2D eigenvalue weighted by Crippen LogP contribution is -2.33. The number of aryl methyl sites for hydroxylation is 1. The van der Waals surface area contributed by atoms with Gasteiger partial charge in [-0.15, -0.1) is 11.6 Å². The Labute approximate surface area is 134 Å². The lowest BCUT2D eigenvalue weighted by atomic mass is 10.2. The summed E-state index contributed by atoms with van der Waals surface area (Å²) in [7, 11) is 0. The average molecular weight is 320 g/mol. The Bertz CT molecular complexity index is 708. The molecule has 0 spiro atoms. The molecular weight excluding hydrogens is 302 g/mol. The van der Waals surface area contributed by atoms with E-state index >= 15 is 0 Å². The Morgan fingerprint density at radius 2 is 2.05 bits per heavy atom. The molecule has 2 aromatic rings. The summed E-state index contributed by atoms with van der Waals surface area (Å²) in [5.41, 5.74) is 2.63. The van der Waals surface area contributed by atoms with Crippen molar-refractivity contribution in [1.29, 1.82) is 0 Å². The zero-order valence-electron chi connectivity index (χ0n) is 12.6. The SMILES string of the molecule is Cc1cc(C(=O)CCl)c(C)n1C[C@H]1COc2ccccc2O1. The first kappa shape index (κ1) is 15.0. The van der Waals surface area contributed by atoms with Crippen LogP contribution in [0.2, 0.25) is 0 Å². The summed E-state index contributed by atoms with van der Waals surface area (Å²) in [6.45, 7) is 5.05. The van der Waals surface area contributed by atoms with Gasteiger partial charge in [0.15, 0.2) is 23.4 Å². The molecule has 0 N–H and O–H groups in total. The number of fused-ring (bicyclic) bond motifs is 1. The van der Waals surface area contributed by atoms with E-state index in [1.807, 2.05) is 44.2 Å². The predicted molar refractivity (Wildman–Crippen MR) is 85.3 cm³/mol. The number of aromatic nitrogens is 1. The fraction of sp³-hybridized carbons (Fsp3) is 0.353. The first-order chi connectivity index (χ1) is 10.6. The van der Waals surface area contributed by atoms with Gasteiger partial charge in [0.05, 0.1) is 12.4 Å². The summed E-state index contributed by atoms with van der Waals surface area (Å²) in [6.07, 6.45) is -0.0846. The van der Waals surface area contributed by atoms with Crippen molar-refractivity contribution in [3.8, 4) is 11.5 Å². The second-order valence-electron chi connectivity index (χ2n) is 5.45. The molecule has 0 saturated heterocycles. The molecule has 1 atom stereocenters. The Balaban J connectivity index is 1.80. The number of hydrogen-bond acceptors (Lipinski definition) is 3. The molecule has 0 fully saturated rings. The van der Waals surface area contributed by atoms with Crippen molar-refractivity contribution in [3.63, 3.8) is 0 Å². The predicted octanol–water partition coefficient (Wildman–Crippen LogP) is 3.37. The fourth-order valence-corrected chi connectivity index (χ4v) is 2.94. The number of alkyl halides is 1. The normalized spacial score (nSPS) is 16.6. The number of nitrogens with zero attached hydrogens (tertiary/aromatic N) is 1. The Morgan fingerprint density at radius 1 is 1.32 bits per heavy atom. The van der Waals surface area contributed by atoms with Gasteiger partial charge in [-0.3, -0.25) is 4.79 Å². The zero-order chi connectivity index (χ0) is 15.7. The van der Waals surface area contributed by atoms with Crippen LogP contribution in [0.25, 0.3) is 0 Å². The van der Waals surface area contributed by atoms with Gasteiger partial charge >= 0.3 is 0 Å². The quantitative estimate of drug-likeness (QED) is 0.641. The van der Waals surface area contributed by atoms with Crippen molar-refractivity contribution < 1.29 is 14.3 Å². The number of carbonyl (C=O) groups excluding carboxylic acids is 1. The second kappa shape index (κ2) is 6.05. The highest BCUT2D eigenvalue weighted by Gasteiger charge is 2.23. The Hall–Kier alpha value is -1.94. The van der Waals surface area contributed by atoms with Crippen LogP contribution in [-0.4, -0.2) is 28.9 Å². The number of ether oxygens (including phenoxy) is 2. The largest absolute Gasteiger partial charge is 0.486 e. The molecule has 5 heteroatoms. The van der Waals surface area contributed by atoms with Gasteiger partial charge < -0.3 is 14.0 Å². The highest BCUT2D eigenvalue weighted by Crippen LogP contribution is 2.31. The van der Waals surface area contributed by atoms with E-state index in [0.29, 0.717) is 18.7 Å². The van der Waals surface area contributed by atoms with E-state index in [2.05, 4.69) is 4.57 Å². The maximum Gasteiger partial charge on any atom is 0.179 e. The summed E-state index contributed by atoms with van der Waals surface area (Å²) >= 11 is 5.66. The molecule has 0 saturated carbocycles. The molecule has 1 aliphatic heterocycles. The van der Waals surface area contributed by atoms with Crippen molar-refractivity contribution in [2.24, 2.45) is 0 Å². The summed E-state index contributed by atoms with van der Waals surface area (Å²) in [6, 6.07) is 9.53. The number of hydrogen-bond donors (Lipinski definition) is 0. The molecule has 3 rings (SSSR count). The number of ketones is 1. The minimum Gasteiger partial charge on any atom is -0.486 e. The summed E-state index contributed by atoms with van der Waals surface area (Å²) in [5, 5.41) is 0. The monoisotopic (exact) mass is 319 g/mol. The van der Waals surface area contributed by atoms with Crippen LogP contribution in [0.4, 0.5) is 0 Å². The van der Waals surface area contributed by atoms with Crippen LogP contribution >= 0.6 is 11.6 Å². The van der Waals surface area contributed by atoms with Crippen LogP contribution in [0.15, 0.2) is 30.3 Å². The minimum absolute atomic E-state index is 0.000703. The number of Topliss-reactive ketones (excluding diaryl/α,β-unsaturated/α-hetero) is 1. The average Bonchev–Trinajstić information content (AvgIpc) is 2.82. The van der Waals surface area contributed by atoms with Crippen molar-refractivity contribution in [2.75, 3.05) is 12.5 Å². The molecule has 0 radical (unpaired) electrons. The molecule has 116 valence electrons. The molecule has 22 heavy (non-hydrogen) atoms. The molecule has 1 aromatic heterocycles. The lowest BCUT2D eigenvalue weighted by molar-refractivity contribution is 0.0777. The highest BCUT2D eigenvalue weighted by atomic mass is 35.5. The van der Waals surface area contributed by atoms with Gasteiger partial charge in [-0.05, 0) is 32.0 Å². The third-order valence-electron chi connectivity index (χ3n) is 3.95. The fourth-order valence-electron chi connectivity index (χ4n) is 2.79. The van der Waals surface area contributed by atoms with Gasteiger partial charge in [0.25, 0.3) is 0 Å². The van der Waals surface area contributed by atoms with Gasteiger partial charge in [-0.2, -0.15) is 0 Å². The number of halogens is 1. The maximum atomic E-state index is 11.9. The number of carbonyl (C=O) groups is 1. The highest BCUT2D eigenvalue weighted by molar-refractivity contribution is 6.30. The standard InChI is InChI=1S/C17H18ClNO3/c1-11-7-14(15(20)8-18)12(2)19(11)9-13-10-21-16-5-3-4-6-17(16)22-13/h3-7,13H,8-10H2,1-2H3/t13-/m0/s1. The molecule has 0 amide bonds. The topological polar surface area (TPSA) is 40.5 Å². The molecule has 0 aliphatic carbocycles. The molecule has 0 bridgehead atoms. The van der Waals surface area contributed by atoms with E-state index in [-0.39, 0.29) is 17.8 Å². The third kappa shape index (κ3) is 2.71. The molecule has 4 nitrogen and oxygen atoms in total. The van der Waals surface area contributed by atoms with Crippen LogP contribution in [-0.2, 0) is 6.54 Å². The van der Waals surface area contributed by atoms with Crippen molar-refractivity contribution >= 4 is 17.4 Å². The van der Waals surface area contributed by atoms with E-state index in [4.69, 9.17) is 21.1 Å². The van der Waals surface area contributed by atoms with E-state index in [0.717, 1.165) is 22.9 Å². The summed E-state index contributed by atoms with van der Waals surface area (Å²) in [4.78, 5) is 11.9. The molecular formula is C17H18ClNO3. The van der Waals surface area contributed by atoms with Gasteiger partial charge in [0.2, 0.25) is 0 Å². The zero-order valence-corrected chi connectivity index (χ0v) is 13.4. The Kier molecular flexibility index (Phi) is 4.12. The van der Waals surface area contributed by atoms with Crippen LogP contribution in [0, 0.1) is 13.8 Å². The number of benzene rings is 1. The number of rotatable bonds is 4. The van der Waals surface area contributed by atoms with E-state index in [1.54, 1.807) is 0 Å². The summed E-state index contributed by atoms with van der Waals surface area (Å²) in [5.74, 6) is 1.49. The van der Waals surface area contributed by atoms with Crippen molar-refractivity contribution in [3.05, 3.63) is 47.3 Å². The van der Waals surface area contributed by atoms with Crippen LogP contribution in [0.1, 0.15) is 21.7 Å². The van der Waals surface area contributed by atoms with Gasteiger partial charge in [-0.1, -0.05) is 12.1 Å². The van der Waals surface area contributed by atoms with E-state index in [1.165, 1.54) is 0 Å². The molecule has 1 aromatic carbocycles. The van der Waals surface area contributed by atoms with Gasteiger partial charge in [0, 0.05) is 17.0 Å². The molecule has 1 aliphatic rings. The maximum absolute atomic E-state index is 11.9. The van der Waals surface area contributed by atoms with Gasteiger partial charge in [-0.25, -0.2) is 0 Å². The smallest absolute Gasteiger partial charge is 0.179 e.